The van der Waals surface area contributed by atoms with E-state index < -0.39 is 0 Å². The van der Waals surface area contributed by atoms with Crippen LogP contribution < -0.4 is 5.32 Å². The largest absolute Gasteiger partial charge is 0.352 e. The van der Waals surface area contributed by atoms with Gasteiger partial charge in [0.15, 0.2) is 5.96 Å². The van der Waals surface area contributed by atoms with Crippen LogP contribution in [0.3, 0.4) is 0 Å². The highest BCUT2D eigenvalue weighted by molar-refractivity contribution is 14.0. The van der Waals surface area contributed by atoms with Crippen molar-refractivity contribution in [3.63, 3.8) is 0 Å². The summed E-state index contributed by atoms with van der Waals surface area (Å²) in [7, 11) is 1.84. The molecule has 0 aromatic carbocycles. The first kappa shape index (κ1) is 19.7. The summed E-state index contributed by atoms with van der Waals surface area (Å²) in [5.41, 5.74) is 1.54. The maximum atomic E-state index is 4.46. The highest BCUT2D eigenvalue weighted by atomic mass is 127. The van der Waals surface area contributed by atoms with E-state index in [1.807, 2.05) is 30.1 Å². The maximum absolute atomic E-state index is 4.46. The van der Waals surface area contributed by atoms with Crippen molar-refractivity contribution in [2.45, 2.75) is 39.8 Å². The third-order valence-electron chi connectivity index (χ3n) is 5.38. The Morgan fingerprint density at radius 2 is 2.04 bits per heavy atom. The summed E-state index contributed by atoms with van der Waals surface area (Å²) in [5.74, 6) is 1.81. The molecular formula is C18H27IN6. The summed E-state index contributed by atoms with van der Waals surface area (Å²) < 4.78 is 1.90. The predicted octanol–water partition coefficient (Wildman–Crippen LogP) is 3.08. The van der Waals surface area contributed by atoms with Crippen molar-refractivity contribution in [2.75, 3.05) is 13.6 Å². The van der Waals surface area contributed by atoms with Gasteiger partial charge in [-0.1, -0.05) is 13.8 Å². The Kier molecular flexibility index (Phi) is 5.75. The molecule has 0 spiro atoms. The number of imidazole rings is 1. The van der Waals surface area contributed by atoms with Gasteiger partial charge in [0, 0.05) is 49.7 Å². The number of hydrogen-bond donors (Lipinski definition) is 1. The smallest absolute Gasteiger partial charge is 0.194 e. The van der Waals surface area contributed by atoms with Gasteiger partial charge < -0.3 is 10.2 Å². The highest BCUT2D eigenvalue weighted by Crippen LogP contribution is 2.46. The van der Waals surface area contributed by atoms with Gasteiger partial charge in [0.1, 0.15) is 12.1 Å². The van der Waals surface area contributed by atoms with Crippen molar-refractivity contribution in [3.05, 3.63) is 42.6 Å². The first-order valence-corrected chi connectivity index (χ1v) is 8.27. The number of hydrogen-bond acceptors (Lipinski definition) is 3. The van der Waals surface area contributed by atoms with E-state index in [-0.39, 0.29) is 34.9 Å². The number of pyridine rings is 1. The van der Waals surface area contributed by atoms with Gasteiger partial charge >= 0.3 is 0 Å². The molecule has 136 valence electrons. The summed E-state index contributed by atoms with van der Waals surface area (Å²) in [6.07, 6.45) is 7.22. The molecule has 2 aromatic rings. The zero-order chi connectivity index (χ0) is 17.4. The van der Waals surface area contributed by atoms with Crippen LogP contribution in [0.2, 0.25) is 0 Å². The minimum Gasteiger partial charge on any atom is -0.352 e. The van der Waals surface area contributed by atoms with E-state index >= 15 is 0 Å². The van der Waals surface area contributed by atoms with Crippen LogP contribution in [0, 0.1) is 5.41 Å². The summed E-state index contributed by atoms with van der Waals surface area (Å²) in [6, 6.07) is 4.08. The van der Waals surface area contributed by atoms with Gasteiger partial charge in [0.2, 0.25) is 0 Å². The zero-order valence-electron chi connectivity index (χ0n) is 15.5. The van der Waals surface area contributed by atoms with Crippen LogP contribution >= 0.6 is 24.0 Å². The van der Waals surface area contributed by atoms with E-state index in [1.54, 1.807) is 12.5 Å². The lowest BCUT2D eigenvalue weighted by Crippen LogP contribution is -2.72. The molecule has 1 saturated heterocycles. The van der Waals surface area contributed by atoms with E-state index in [1.165, 1.54) is 0 Å². The molecule has 0 aliphatic carbocycles. The molecule has 0 amide bonds. The van der Waals surface area contributed by atoms with E-state index in [4.69, 9.17) is 0 Å². The Balaban J connectivity index is 0.00000225. The topological polar surface area (TPSA) is 58.3 Å². The fourth-order valence-electron chi connectivity index (χ4n) is 2.98. The fourth-order valence-corrected chi connectivity index (χ4v) is 2.98. The molecule has 25 heavy (non-hydrogen) atoms. The minimum atomic E-state index is 0. The number of aliphatic imine (C=N–C) groups is 1. The summed E-state index contributed by atoms with van der Waals surface area (Å²) in [5, 5.41) is 3.48. The lowest BCUT2D eigenvalue weighted by Gasteiger charge is -2.62. The molecule has 7 heteroatoms. The number of guanidine groups is 1. The van der Waals surface area contributed by atoms with E-state index in [0.717, 1.165) is 23.9 Å². The van der Waals surface area contributed by atoms with Gasteiger partial charge in [0.25, 0.3) is 0 Å². The van der Waals surface area contributed by atoms with E-state index in [2.05, 4.69) is 58.9 Å². The molecule has 1 fully saturated rings. The van der Waals surface area contributed by atoms with Crippen molar-refractivity contribution in [1.29, 1.82) is 0 Å². The number of halogens is 1. The number of nitrogens with zero attached hydrogens (tertiary/aromatic N) is 5. The molecule has 0 atom stereocenters. The number of rotatable bonds is 3. The zero-order valence-corrected chi connectivity index (χ0v) is 17.9. The highest BCUT2D eigenvalue weighted by Gasteiger charge is 2.53. The number of aromatic nitrogens is 3. The monoisotopic (exact) mass is 454 g/mol. The quantitative estimate of drug-likeness (QED) is 0.440. The van der Waals surface area contributed by atoms with Crippen molar-refractivity contribution >= 4 is 29.9 Å². The van der Waals surface area contributed by atoms with Gasteiger partial charge in [-0.25, -0.2) is 9.97 Å². The Bertz CT molecular complexity index is 736. The molecule has 3 rings (SSSR count). The number of likely N-dealkylation sites (tertiary alicyclic amines) is 1. The van der Waals surface area contributed by atoms with E-state index in [9.17, 15) is 0 Å². The molecule has 0 unspecified atom stereocenters. The van der Waals surface area contributed by atoms with Crippen LogP contribution in [0.1, 0.15) is 33.3 Å². The van der Waals surface area contributed by atoms with Crippen molar-refractivity contribution < 1.29 is 0 Å². The average Bonchev–Trinajstić information content (AvgIpc) is 3.09. The first-order valence-electron chi connectivity index (χ1n) is 8.27. The van der Waals surface area contributed by atoms with Crippen molar-refractivity contribution in [1.82, 2.24) is 24.8 Å². The van der Waals surface area contributed by atoms with Gasteiger partial charge in [-0.05, 0) is 31.5 Å². The lowest BCUT2D eigenvalue weighted by molar-refractivity contribution is -0.0667. The molecule has 0 saturated carbocycles. The second kappa shape index (κ2) is 7.31. The van der Waals surface area contributed by atoms with Crippen LogP contribution in [-0.2, 0) is 6.54 Å². The number of nitrogens with one attached hydrogen (secondary N) is 1. The molecule has 6 nitrogen and oxygen atoms in total. The first-order chi connectivity index (χ1) is 11.3. The molecule has 0 bridgehead atoms. The van der Waals surface area contributed by atoms with Crippen molar-refractivity contribution in [3.8, 4) is 5.82 Å². The van der Waals surface area contributed by atoms with Crippen LogP contribution in [0.15, 0.2) is 42.0 Å². The van der Waals surface area contributed by atoms with Gasteiger partial charge in [-0.2, -0.15) is 0 Å². The molecule has 0 radical (unpaired) electrons. The molecule has 1 aliphatic heterocycles. The molecule has 1 N–H and O–H groups in total. The fraction of sp³-hybridized carbons (Fsp3) is 0.500. The maximum Gasteiger partial charge on any atom is 0.194 e. The van der Waals surface area contributed by atoms with Crippen molar-refractivity contribution in [2.24, 2.45) is 10.4 Å². The third-order valence-corrected chi connectivity index (χ3v) is 5.38. The predicted molar refractivity (Wildman–Crippen MR) is 112 cm³/mol. The van der Waals surface area contributed by atoms with E-state index in [0.29, 0.717) is 6.54 Å². The van der Waals surface area contributed by atoms with Crippen LogP contribution in [0.5, 0.6) is 0 Å². The molecular weight excluding hydrogens is 427 g/mol. The lowest BCUT2D eigenvalue weighted by atomic mass is 9.65. The van der Waals surface area contributed by atoms with Gasteiger partial charge in [-0.3, -0.25) is 9.56 Å². The second-order valence-electron chi connectivity index (χ2n) is 7.42. The SMILES string of the molecule is CN=C(NCc1ccnc(-n2ccnc2)c1)N1CC(C)(C)C1(C)C.I. The average molecular weight is 454 g/mol. The summed E-state index contributed by atoms with van der Waals surface area (Å²) in [6.45, 7) is 10.9. The third kappa shape index (κ3) is 3.65. The second-order valence-corrected chi connectivity index (χ2v) is 7.42. The molecule has 3 heterocycles. The van der Waals surface area contributed by atoms with Crippen LogP contribution in [0.25, 0.3) is 5.82 Å². The van der Waals surface area contributed by atoms with Gasteiger partial charge in [-0.15, -0.1) is 24.0 Å². The minimum absolute atomic E-state index is 0. The van der Waals surface area contributed by atoms with Crippen LogP contribution in [0.4, 0.5) is 0 Å². The summed E-state index contributed by atoms with van der Waals surface area (Å²) in [4.78, 5) is 15.3. The Morgan fingerprint density at radius 1 is 1.28 bits per heavy atom. The Hall–Kier alpha value is -1.64. The Labute approximate surface area is 166 Å². The standard InChI is InChI=1S/C18H26N6.HI/c1-17(2)12-24(18(17,3)4)16(19-5)22-11-14-6-7-21-15(10-14)23-9-8-20-13-23;/h6-10,13H,11-12H2,1-5H3,(H,19,22);1H. The van der Waals surface area contributed by atoms with Gasteiger partial charge in [0.05, 0.1) is 0 Å². The van der Waals surface area contributed by atoms with Crippen LogP contribution in [-0.4, -0.2) is 44.5 Å². The normalized spacial score (nSPS) is 18.3. The molecule has 1 aliphatic rings. The molecule has 2 aromatic heterocycles. The summed E-state index contributed by atoms with van der Waals surface area (Å²) >= 11 is 0. The Morgan fingerprint density at radius 3 is 2.60 bits per heavy atom.